The summed E-state index contributed by atoms with van der Waals surface area (Å²) >= 11 is 0. The van der Waals surface area contributed by atoms with Gasteiger partial charge in [-0.3, -0.25) is 4.90 Å². The van der Waals surface area contributed by atoms with Crippen LogP contribution >= 0.6 is 0 Å². The molecule has 2 aromatic rings. The summed E-state index contributed by atoms with van der Waals surface area (Å²) < 4.78 is 0. The highest BCUT2D eigenvalue weighted by Gasteiger charge is 2.07. The summed E-state index contributed by atoms with van der Waals surface area (Å²) in [5.74, 6) is 0. The number of nitrogens with two attached hydrogens (primary N) is 1. The molecule has 0 bridgehead atoms. The lowest BCUT2D eigenvalue weighted by Gasteiger charge is -2.23. The van der Waals surface area contributed by atoms with E-state index in [0.29, 0.717) is 0 Å². The van der Waals surface area contributed by atoms with Crippen molar-refractivity contribution in [3.8, 4) is 0 Å². The van der Waals surface area contributed by atoms with Crippen molar-refractivity contribution in [1.82, 2.24) is 20.9 Å². The Kier molecular flexibility index (Phi) is 10.9. The quantitative estimate of drug-likeness (QED) is 0.538. The number of hydrogen-bond acceptors (Lipinski definition) is 5. The molecule has 0 amide bonds. The third-order valence-electron chi connectivity index (χ3n) is 6.01. The van der Waals surface area contributed by atoms with E-state index in [0.717, 1.165) is 83.9 Å². The normalized spacial score (nSPS) is 17.8. The van der Waals surface area contributed by atoms with Gasteiger partial charge in [0.15, 0.2) is 0 Å². The predicted molar refractivity (Wildman–Crippen MR) is 132 cm³/mol. The zero-order valence-corrected chi connectivity index (χ0v) is 19.0. The molecule has 0 unspecified atom stereocenters. The van der Waals surface area contributed by atoms with Crippen LogP contribution in [0.5, 0.6) is 0 Å². The molecular weight excluding hydrogens is 382 g/mol. The average molecular weight is 424 g/mol. The topological polar surface area (TPSA) is 65.3 Å². The SMILES string of the molecule is Nc1ccccc1CCCc1ccc(CN2CCCNCCNCCCNCC2)cc1. The van der Waals surface area contributed by atoms with E-state index < -0.39 is 0 Å². The second-order valence-electron chi connectivity index (χ2n) is 8.60. The second kappa shape index (κ2) is 14.2. The van der Waals surface area contributed by atoms with E-state index in [2.05, 4.69) is 57.2 Å². The van der Waals surface area contributed by atoms with Crippen LogP contribution in [-0.4, -0.2) is 57.3 Å². The fourth-order valence-electron chi connectivity index (χ4n) is 4.14. The van der Waals surface area contributed by atoms with Gasteiger partial charge in [-0.15, -0.1) is 0 Å². The zero-order valence-electron chi connectivity index (χ0n) is 19.0. The van der Waals surface area contributed by atoms with Gasteiger partial charge in [-0.25, -0.2) is 0 Å². The van der Waals surface area contributed by atoms with Gasteiger partial charge in [-0.05, 0) is 81.0 Å². The van der Waals surface area contributed by atoms with Crippen LogP contribution in [0.2, 0.25) is 0 Å². The molecular formula is C26H41N5. The van der Waals surface area contributed by atoms with Crippen LogP contribution in [-0.2, 0) is 19.4 Å². The van der Waals surface area contributed by atoms with E-state index in [-0.39, 0.29) is 0 Å². The standard InChI is InChI=1S/C26H41N5/c27-26-9-2-1-7-25(26)8-3-6-23-10-12-24(13-11-23)22-31-20-5-16-29-18-17-28-14-4-15-30-19-21-31/h1-2,7,9-13,28-30H,3-6,8,14-22,27H2. The summed E-state index contributed by atoms with van der Waals surface area (Å²) in [4.78, 5) is 2.59. The van der Waals surface area contributed by atoms with Gasteiger partial charge >= 0.3 is 0 Å². The molecule has 0 aliphatic carbocycles. The van der Waals surface area contributed by atoms with Crippen LogP contribution in [0.3, 0.4) is 0 Å². The lowest BCUT2D eigenvalue weighted by molar-refractivity contribution is 0.260. The number of hydrogen-bond donors (Lipinski definition) is 4. The molecule has 1 saturated heterocycles. The first kappa shape index (κ1) is 23.7. The Morgan fingerprint density at radius 3 is 2.13 bits per heavy atom. The Morgan fingerprint density at radius 2 is 1.35 bits per heavy atom. The molecule has 0 atom stereocenters. The van der Waals surface area contributed by atoms with E-state index in [1.54, 1.807) is 0 Å². The molecule has 1 aliphatic heterocycles. The van der Waals surface area contributed by atoms with Crippen molar-refractivity contribution in [3.05, 3.63) is 65.2 Å². The Bertz CT molecular complexity index is 717. The molecule has 5 heteroatoms. The number of nitrogens with zero attached hydrogens (tertiary/aromatic N) is 1. The molecule has 0 aromatic heterocycles. The third kappa shape index (κ3) is 9.40. The summed E-state index contributed by atoms with van der Waals surface area (Å²) in [7, 11) is 0. The summed E-state index contributed by atoms with van der Waals surface area (Å²) in [6.07, 6.45) is 5.66. The molecule has 1 fully saturated rings. The Balaban J connectivity index is 1.44. The van der Waals surface area contributed by atoms with E-state index in [4.69, 9.17) is 5.73 Å². The van der Waals surface area contributed by atoms with Crippen molar-refractivity contribution in [1.29, 1.82) is 0 Å². The van der Waals surface area contributed by atoms with Crippen molar-refractivity contribution in [2.45, 2.75) is 38.6 Å². The minimum atomic E-state index is 0.913. The van der Waals surface area contributed by atoms with Gasteiger partial charge < -0.3 is 21.7 Å². The Labute approximate surface area is 188 Å². The molecule has 170 valence electrons. The van der Waals surface area contributed by atoms with E-state index in [9.17, 15) is 0 Å². The van der Waals surface area contributed by atoms with Crippen LogP contribution in [0.4, 0.5) is 5.69 Å². The van der Waals surface area contributed by atoms with Gasteiger partial charge in [0, 0.05) is 38.4 Å². The van der Waals surface area contributed by atoms with Gasteiger partial charge in [-0.2, -0.15) is 0 Å². The first-order valence-electron chi connectivity index (χ1n) is 12.1. The third-order valence-corrected chi connectivity index (χ3v) is 6.01. The summed E-state index contributed by atoms with van der Waals surface area (Å²) in [6, 6.07) is 17.5. The highest BCUT2D eigenvalue weighted by molar-refractivity contribution is 5.46. The largest absolute Gasteiger partial charge is 0.399 e. The first-order chi connectivity index (χ1) is 15.3. The minimum absolute atomic E-state index is 0.913. The number of nitrogen functional groups attached to an aromatic ring is 1. The van der Waals surface area contributed by atoms with Gasteiger partial charge in [-0.1, -0.05) is 42.5 Å². The van der Waals surface area contributed by atoms with Crippen molar-refractivity contribution >= 4 is 5.69 Å². The highest BCUT2D eigenvalue weighted by Crippen LogP contribution is 2.15. The van der Waals surface area contributed by atoms with Gasteiger partial charge in [0.05, 0.1) is 0 Å². The van der Waals surface area contributed by atoms with E-state index in [1.165, 1.54) is 29.5 Å². The van der Waals surface area contributed by atoms with Gasteiger partial charge in [0.25, 0.3) is 0 Å². The predicted octanol–water partition coefficient (Wildman–Crippen LogP) is 2.81. The van der Waals surface area contributed by atoms with Gasteiger partial charge in [0.1, 0.15) is 0 Å². The maximum Gasteiger partial charge on any atom is 0.0346 e. The number of nitrogens with one attached hydrogen (secondary N) is 3. The zero-order chi connectivity index (χ0) is 21.6. The van der Waals surface area contributed by atoms with Crippen molar-refractivity contribution in [3.63, 3.8) is 0 Å². The van der Waals surface area contributed by atoms with E-state index >= 15 is 0 Å². The van der Waals surface area contributed by atoms with Crippen molar-refractivity contribution < 1.29 is 0 Å². The number of benzene rings is 2. The summed E-state index contributed by atoms with van der Waals surface area (Å²) in [5, 5.41) is 10.6. The monoisotopic (exact) mass is 423 g/mol. The number of anilines is 1. The molecule has 0 spiro atoms. The molecule has 5 nitrogen and oxygen atoms in total. The molecule has 0 radical (unpaired) electrons. The summed E-state index contributed by atoms with van der Waals surface area (Å²) in [6.45, 7) is 9.76. The smallest absolute Gasteiger partial charge is 0.0346 e. The van der Waals surface area contributed by atoms with Crippen LogP contribution in [0.15, 0.2) is 48.5 Å². The maximum absolute atomic E-state index is 6.06. The van der Waals surface area contributed by atoms with Crippen LogP contribution in [0, 0.1) is 0 Å². The molecule has 1 heterocycles. The van der Waals surface area contributed by atoms with Crippen LogP contribution in [0.25, 0.3) is 0 Å². The summed E-state index contributed by atoms with van der Waals surface area (Å²) in [5.41, 5.74) is 11.1. The molecule has 0 saturated carbocycles. The van der Waals surface area contributed by atoms with E-state index in [1.807, 2.05) is 12.1 Å². The molecule has 31 heavy (non-hydrogen) atoms. The molecule has 1 aliphatic rings. The highest BCUT2D eigenvalue weighted by atomic mass is 15.1. The molecule has 2 aromatic carbocycles. The van der Waals surface area contributed by atoms with Gasteiger partial charge in [0.2, 0.25) is 0 Å². The molecule has 3 rings (SSSR count). The molecule has 5 N–H and O–H groups in total. The fourth-order valence-corrected chi connectivity index (χ4v) is 4.14. The Morgan fingerprint density at radius 1 is 0.677 bits per heavy atom. The minimum Gasteiger partial charge on any atom is -0.399 e. The lowest BCUT2D eigenvalue weighted by atomic mass is 10.0. The second-order valence-corrected chi connectivity index (χ2v) is 8.60. The first-order valence-corrected chi connectivity index (χ1v) is 12.1. The lowest BCUT2D eigenvalue weighted by Crippen LogP contribution is -2.36. The van der Waals surface area contributed by atoms with Crippen molar-refractivity contribution in [2.75, 3.05) is 58.1 Å². The Hall–Kier alpha value is -1.92. The maximum atomic E-state index is 6.06. The average Bonchev–Trinajstić information content (AvgIpc) is 2.79. The van der Waals surface area contributed by atoms with Crippen LogP contribution < -0.4 is 21.7 Å². The van der Waals surface area contributed by atoms with Crippen molar-refractivity contribution in [2.24, 2.45) is 0 Å². The van der Waals surface area contributed by atoms with Crippen LogP contribution in [0.1, 0.15) is 36.0 Å². The number of rotatable bonds is 6. The number of aryl methyl sites for hydroxylation is 2. The number of para-hydroxylation sites is 1. The fraction of sp³-hybridized carbons (Fsp3) is 0.538.